The quantitative estimate of drug-likeness (QED) is 0.126. The van der Waals surface area contributed by atoms with Crippen molar-refractivity contribution >= 4 is 49.8 Å². The molecule has 1 aromatic heterocycles. The molecule has 180 valence electrons. The van der Waals surface area contributed by atoms with E-state index in [4.69, 9.17) is 4.74 Å². The van der Waals surface area contributed by atoms with Crippen molar-refractivity contribution in [1.29, 1.82) is 0 Å². The Bertz CT molecular complexity index is 1550. The number of rotatable bonds is 6. The van der Waals surface area contributed by atoms with Gasteiger partial charge in [-0.1, -0.05) is 53.8 Å². The monoisotopic (exact) mass is 501 g/mol. The van der Waals surface area contributed by atoms with Gasteiger partial charge in [-0.25, -0.2) is 4.98 Å². The fourth-order valence-corrected chi connectivity index (χ4v) is 5.18. The van der Waals surface area contributed by atoms with Crippen LogP contribution in [-0.2, 0) is 9.59 Å². The van der Waals surface area contributed by atoms with E-state index in [1.54, 1.807) is 54.6 Å². The summed E-state index contributed by atoms with van der Waals surface area (Å²) in [5.74, 6) is -1.51. The van der Waals surface area contributed by atoms with E-state index in [-0.39, 0.29) is 22.2 Å². The number of nitro benzene ring substituents is 1. The number of aliphatic hydroxyl groups is 1. The number of anilines is 1. The predicted molar refractivity (Wildman–Crippen MR) is 135 cm³/mol. The van der Waals surface area contributed by atoms with Crippen molar-refractivity contribution in [1.82, 2.24) is 4.98 Å². The van der Waals surface area contributed by atoms with Crippen LogP contribution < -0.4 is 9.64 Å². The number of ether oxygens (including phenoxy) is 1. The SMILES string of the molecule is CCOc1ccc2nc(N3C(=O)C(=O)/C(=C(/O)c4ccccc4)[C@@H]3c3cccc([N+](=O)[O-])c3)sc2c1. The molecule has 9 nitrogen and oxygen atoms in total. The lowest BCUT2D eigenvalue weighted by Crippen LogP contribution is -2.29. The number of Topliss-reactive ketones (excluding diaryl/α,β-unsaturated/α-hetero) is 1. The molecule has 1 aliphatic heterocycles. The molecule has 10 heteroatoms. The van der Waals surface area contributed by atoms with Gasteiger partial charge in [0.05, 0.1) is 33.4 Å². The fourth-order valence-electron chi connectivity index (χ4n) is 4.16. The number of aromatic nitrogens is 1. The third-order valence-electron chi connectivity index (χ3n) is 5.75. The van der Waals surface area contributed by atoms with Crippen LogP contribution in [0.4, 0.5) is 10.8 Å². The number of nitrogens with zero attached hydrogens (tertiary/aromatic N) is 3. The Labute approximate surface area is 209 Å². The zero-order valence-electron chi connectivity index (χ0n) is 19.0. The first-order valence-electron chi connectivity index (χ1n) is 11.0. The molecule has 3 aromatic carbocycles. The summed E-state index contributed by atoms with van der Waals surface area (Å²) < 4.78 is 6.29. The second-order valence-electron chi connectivity index (χ2n) is 7.95. The Morgan fingerprint density at radius 1 is 1.11 bits per heavy atom. The molecule has 1 N–H and O–H groups in total. The topological polar surface area (TPSA) is 123 Å². The number of fused-ring (bicyclic) bond motifs is 1. The van der Waals surface area contributed by atoms with E-state index >= 15 is 0 Å². The minimum atomic E-state index is -1.11. The summed E-state index contributed by atoms with van der Waals surface area (Å²) in [7, 11) is 0. The van der Waals surface area contributed by atoms with Crippen LogP contribution in [0.15, 0.2) is 78.4 Å². The second-order valence-corrected chi connectivity index (χ2v) is 8.96. The van der Waals surface area contributed by atoms with Crippen molar-refractivity contribution in [3.63, 3.8) is 0 Å². The van der Waals surface area contributed by atoms with Crippen molar-refractivity contribution in [3.05, 3.63) is 99.6 Å². The summed E-state index contributed by atoms with van der Waals surface area (Å²) >= 11 is 1.18. The maximum absolute atomic E-state index is 13.3. The van der Waals surface area contributed by atoms with Crippen LogP contribution in [0, 0.1) is 10.1 Å². The van der Waals surface area contributed by atoms with Crippen LogP contribution in [0.5, 0.6) is 5.75 Å². The highest BCUT2D eigenvalue weighted by Crippen LogP contribution is 2.45. The average Bonchev–Trinajstić information content (AvgIpc) is 3.42. The Morgan fingerprint density at radius 2 is 1.89 bits per heavy atom. The molecule has 0 bridgehead atoms. The lowest BCUT2D eigenvalue weighted by Gasteiger charge is -2.22. The molecular formula is C26H19N3O6S. The molecular weight excluding hydrogens is 482 g/mol. The van der Waals surface area contributed by atoms with Crippen LogP contribution in [-0.4, -0.2) is 33.3 Å². The van der Waals surface area contributed by atoms with Gasteiger partial charge >= 0.3 is 5.91 Å². The summed E-state index contributed by atoms with van der Waals surface area (Å²) in [6.45, 7) is 2.35. The number of hydrogen-bond donors (Lipinski definition) is 1. The number of carbonyl (C=O) groups is 2. The first-order valence-corrected chi connectivity index (χ1v) is 11.8. The smallest absolute Gasteiger partial charge is 0.301 e. The van der Waals surface area contributed by atoms with E-state index in [9.17, 15) is 24.8 Å². The van der Waals surface area contributed by atoms with Gasteiger partial charge in [0.15, 0.2) is 5.13 Å². The lowest BCUT2D eigenvalue weighted by molar-refractivity contribution is -0.384. The summed E-state index contributed by atoms with van der Waals surface area (Å²) in [4.78, 5) is 43.3. The standard InChI is InChI=1S/C26H19N3O6S/c1-2-35-18-11-12-19-20(14-18)36-26(27-19)28-22(16-9-6-10-17(13-16)29(33)34)21(24(31)25(28)32)23(30)15-7-4-3-5-8-15/h3-14,22,30H,2H2,1H3/b23-21+/t22-/m0/s1. The zero-order valence-corrected chi connectivity index (χ0v) is 19.8. The highest BCUT2D eigenvalue weighted by atomic mass is 32.1. The van der Waals surface area contributed by atoms with Crippen LogP contribution in [0.25, 0.3) is 16.0 Å². The van der Waals surface area contributed by atoms with Gasteiger partial charge in [0.1, 0.15) is 11.5 Å². The fraction of sp³-hybridized carbons (Fsp3) is 0.115. The van der Waals surface area contributed by atoms with Crippen LogP contribution in [0.3, 0.4) is 0 Å². The number of thiazole rings is 1. The minimum Gasteiger partial charge on any atom is -0.507 e. The van der Waals surface area contributed by atoms with Gasteiger partial charge in [-0.3, -0.25) is 24.6 Å². The van der Waals surface area contributed by atoms with Crippen molar-refractivity contribution in [2.75, 3.05) is 11.5 Å². The first-order chi connectivity index (χ1) is 17.4. The Balaban J connectivity index is 1.72. The zero-order chi connectivity index (χ0) is 25.4. The first kappa shape index (κ1) is 23.2. The molecule has 0 unspecified atom stereocenters. The maximum Gasteiger partial charge on any atom is 0.301 e. The summed E-state index contributed by atoms with van der Waals surface area (Å²) in [5.41, 5.74) is 0.873. The number of amides is 1. The van der Waals surface area contributed by atoms with Gasteiger partial charge in [-0.2, -0.15) is 0 Å². The number of aliphatic hydroxyl groups excluding tert-OH is 1. The van der Waals surface area contributed by atoms with E-state index in [1.807, 2.05) is 6.92 Å². The van der Waals surface area contributed by atoms with Gasteiger partial charge in [0.25, 0.3) is 11.5 Å². The van der Waals surface area contributed by atoms with Crippen LogP contribution in [0.2, 0.25) is 0 Å². The van der Waals surface area contributed by atoms with E-state index < -0.39 is 22.7 Å². The molecule has 1 aliphatic rings. The lowest BCUT2D eigenvalue weighted by atomic mass is 9.95. The molecule has 0 saturated carbocycles. The van der Waals surface area contributed by atoms with Crippen LogP contribution in [0.1, 0.15) is 24.1 Å². The van der Waals surface area contributed by atoms with E-state index in [0.29, 0.717) is 29.0 Å². The highest BCUT2D eigenvalue weighted by molar-refractivity contribution is 7.22. The third-order valence-corrected chi connectivity index (χ3v) is 6.77. The molecule has 2 heterocycles. The average molecular weight is 502 g/mol. The number of carbonyl (C=O) groups excluding carboxylic acids is 2. The molecule has 0 aliphatic carbocycles. The van der Waals surface area contributed by atoms with Crippen LogP contribution >= 0.6 is 11.3 Å². The van der Waals surface area contributed by atoms with E-state index in [1.165, 1.54) is 34.4 Å². The second kappa shape index (κ2) is 9.23. The van der Waals surface area contributed by atoms with Crippen molar-refractivity contribution in [2.24, 2.45) is 0 Å². The number of nitro groups is 1. The Morgan fingerprint density at radius 3 is 2.61 bits per heavy atom. The number of non-ortho nitro benzene ring substituents is 1. The molecule has 5 rings (SSSR count). The number of benzene rings is 3. The molecule has 1 atom stereocenters. The summed E-state index contributed by atoms with van der Waals surface area (Å²) in [5, 5.41) is 22.8. The molecule has 0 spiro atoms. The molecule has 0 radical (unpaired) electrons. The number of hydrogen-bond acceptors (Lipinski definition) is 8. The van der Waals surface area contributed by atoms with Gasteiger partial charge in [0.2, 0.25) is 0 Å². The number of ketones is 1. The van der Waals surface area contributed by atoms with E-state index in [2.05, 4.69) is 4.98 Å². The van der Waals surface area contributed by atoms with Crippen molar-refractivity contribution in [3.8, 4) is 5.75 Å². The predicted octanol–water partition coefficient (Wildman–Crippen LogP) is 5.23. The van der Waals surface area contributed by atoms with Gasteiger partial charge in [0, 0.05) is 17.7 Å². The van der Waals surface area contributed by atoms with Gasteiger partial charge < -0.3 is 9.84 Å². The van der Waals surface area contributed by atoms with Gasteiger partial charge in [-0.15, -0.1) is 0 Å². The molecule has 1 fully saturated rings. The normalized spacial score (nSPS) is 17.0. The summed E-state index contributed by atoms with van der Waals surface area (Å²) in [6.07, 6.45) is 0. The Hall–Kier alpha value is -4.57. The summed E-state index contributed by atoms with van der Waals surface area (Å²) in [6, 6.07) is 18.2. The van der Waals surface area contributed by atoms with Gasteiger partial charge in [-0.05, 0) is 30.7 Å². The third kappa shape index (κ3) is 3.97. The molecule has 36 heavy (non-hydrogen) atoms. The molecule has 1 saturated heterocycles. The molecule has 4 aromatic rings. The highest BCUT2D eigenvalue weighted by Gasteiger charge is 2.48. The molecule has 1 amide bonds. The maximum atomic E-state index is 13.3. The van der Waals surface area contributed by atoms with E-state index in [0.717, 1.165) is 4.70 Å². The Kier molecular flexibility index (Phi) is 5.95. The largest absolute Gasteiger partial charge is 0.507 e. The van der Waals surface area contributed by atoms with Crippen molar-refractivity contribution < 1.29 is 24.4 Å². The minimum absolute atomic E-state index is 0.166. The van der Waals surface area contributed by atoms with Crippen molar-refractivity contribution in [2.45, 2.75) is 13.0 Å².